The van der Waals surface area contributed by atoms with Gasteiger partial charge in [0.25, 0.3) is 0 Å². The summed E-state index contributed by atoms with van der Waals surface area (Å²) in [6, 6.07) is 14.7. The number of imidazole rings is 2. The van der Waals surface area contributed by atoms with Crippen LogP contribution in [0.3, 0.4) is 0 Å². The van der Waals surface area contributed by atoms with Crippen molar-refractivity contribution in [2.24, 2.45) is 11.5 Å². The largest absolute Gasteiger partial charge is 0.397 e. The van der Waals surface area contributed by atoms with Crippen LogP contribution in [-0.2, 0) is 0 Å². The lowest BCUT2D eigenvalue weighted by Crippen LogP contribution is -2.10. The summed E-state index contributed by atoms with van der Waals surface area (Å²) < 4.78 is 0. The van der Waals surface area contributed by atoms with Gasteiger partial charge in [-0.3, -0.25) is 10.8 Å². The highest BCUT2D eigenvalue weighted by Crippen LogP contribution is 2.25. The number of aliphatic hydroxyl groups excluding tert-OH is 1. The molecule has 0 saturated carbocycles. The summed E-state index contributed by atoms with van der Waals surface area (Å²) in [5.74, 6) is 1.40. The highest BCUT2D eigenvalue weighted by Gasteiger charge is 2.12. The molecule has 0 bridgehead atoms. The number of nitrogen functional groups attached to an aromatic ring is 2. The molecule has 0 unspecified atom stereocenters. The second-order valence-electron chi connectivity index (χ2n) is 7.06. The summed E-state index contributed by atoms with van der Waals surface area (Å²) in [7, 11) is 0. The Balaban J connectivity index is 0.000000775. The molecule has 0 radical (unpaired) electrons. The molecule has 0 fully saturated rings. The number of rotatable bonds is 4. The number of aliphatic hydroxyl groups is 1. The molecule has 0 saturated heterocycles. The van der Waals surface area contributed by atoms with Crippen molar-refractivity contribution < 1.29 is 5.11 Å². The van der Waals surface area contributed by atoms with Crippen LogP contribution in [0.4, 0.5) is 0 Å². The van der Waals surface area contributed by atoms with E-state index in [9.17, 15) is 0 Å². The third-order valence-corrected chi connectivity index (χ3v) is 4.78. The van der Waals surface area contributed by atoms with Crippen molar-refractivity contribution in [3.05, 3.63) is 59.7 Å². The van der Waals surface area contributed by atoms with Gasteiger partial charge in [0, 0.05) is 17.7 Å². The van der Waals surface area contributed by atoms with Crippen LogP contribution in [0.25, 0.3) is 45.1 Å². The van der Waals surface area contributed by atoms with E-state index in [0.29, 0.717) is 22.8 Å². The van der Waals surface area contributed by atoms with Gasteiger partial charge in [0.05, 0.1) is 33.5 Å². The third kappa shape index (κ3) is 3.94. The standard InChI is InChI=1S/C20H17N9.C2H6O/c21-17(22)9-1-3-11-15(7-9)28-19(26-11)13-5-6-14(25-13)20-27-12-4-2-10(18(23)24)8-16(12)29-20;1-2-3/h1-8,25H,(H3,21,22)(H3,23,24)(H,26,28)(H,27,29);3H,2H2,1H3. The molecule has 5 rings (SSSR count). The lowest BCUT2D eigenvalue weighted by Gasteiger charge is -1.96. The maximum absolute atomic E-state index is 7.57. The molecule has 3 heterocycles. The van der Waals surface area contributed by atoms with Crippen molar-refractivity contribution in [3.8, 4) is 23.0 Å². The third-order valence-electron chi connectivity index (χ3n) is 4.78. The minimum atomic E-state index is 0.0167. The molecule has 0 spiro atoms. The van der Waals surface area contributed by atoms with E-state index in [0.717, 1.165) is 33.5 Å². The maximum Gasteiger partial charge on any atom is 0.154 e. The van der Waals surface area contributed by atoms with E-state index in [2.05, 4.69) is 24.9 Å². The Hall–Kier alpha value is -4.44. The molecule has 2 aromatic carbocycles. The molecule has 162 valence electrons. The molecule has 0 amide bonds. The van der Waals surface area contributed by atoms with Gasteiger partial charge in [-0.25, -0.2) is 9.97 Å². The number of nitrogens with one attached hydrogen (secondary N) is 5. The molecule has 0 aliphatic heterocycles. The first-order valence-corrected chi connectivity index (χ1v) is 9.88. The second kappa shape index (κ2) is 8.36. The predicted molar refractivity (Wildman–Crippen MR) is 126 cm³/mol. The zero-order valence-corrected chi connectivity index (χ0v) is 17.3. The molecule has 10 heteroatoms. The zero-order valence-electron chi connectivity index (χ0n) is 17.3. The lowest BCUT2D eigenvalue weighted by molar-refractivity contribution is 0.318. The number of aromatic amines is 3. The predicted octanol–water partition coefficient (Wildman–Crippen LogP) is 2.67. The lowest BCUT2D eigenvalue weighted by atomic mass is 10.2. The molecule has 32 heavy (non-hydrogen) atoms. The first-order chi connectivity index (χ1) is 15.4. The highest BCUT2D eigenvalue weighted by molar-refractivity contribution is 5.99. The molecule has 5 aromatic rings. The second-order valence-corrected chi connectivity index (χ2v) is 7.06. The normalized spacial score (nSPS) is 10.8. The number of hydrogen-bond donors (Lipinski definition) is 8. The van der Waals surface area contributed by atoms with Gasteiger partial charge in [-0.1, -0.05) is 0 Å². The Bertz CT molecular complexity index is 1330. The van der Waals surface area contributed by atoms with Gasteiger partial charge in [0.2, 0.25) is 0 Å². The van der Waals surface area contributed by atoms with Crippen molar-refractivity contribution in [1.82, 2.24) is 24.9 Å². The summed E-state index contributed by atoms with van der Waals surface area (Å²) in [6.07, 6.45) is 0. The van der Waals surface area contributed by atoms with Crippen molar-refractivity contribution >= 4 is 33.7 Å². The molecule has 0 atom stereocenters. The Labute approximate surface area is 182 Å². The fourth-order valence-corrected chi connectivity index (χ4v) is 3.28. The average Bonchev–Trinajstić information content (AvgIpc) is 3.49. The smallest absolute Gasteiger partial charge is 0.154 e. The van der Waals surface area contributed by atoms with Crippen LogP contribution in [0.5, 0.6) is 0 Å². The van der Waals surface area contributed by atoms with Crippen LogP contribution in [0.1, 0.15) is 18.1 Å². The SMILES string of the molecule is CCO.N=C(N)c1ccc2nc(-c3ccc(-c4nc5ccc(C(=N)N)cc5[nH]4)[nH]3)[nH]c2c1. The van der Waals surface area contributed by atoms with Crippen LogP contribution in [0, 0.1) is 10.8 Å². The van der Waals surface area contributed by atoms with Crippen molar-refractivity contribution in [1.29, 1.82) is 10.8 Å². The molecule has 0 aliphatic carbocycles. The first kappa shape index (κ1) is 20.8. The van der Waals surface area contributed by atoms with E-state index in [1.165, 1.54) is 0 Å². The number of benzene rings is 2. The van der Waals surface area contributed by atoms with Crippen LogP contribution in [0.15, 0.2) is 48.5 Å². The summed E-state index contributed by atoms with van der Waals surface area (Å²) in [5, 5.41) is 22.7. The number of hydrogen-bond acceptors (Lipinski definition) is 5. The van der Waals surface area contributed by atoms with E-state index in [1.807, 2.05) is 36.4 Å². The van der Waals surface area contributed by atoms with Gasteiger partial charge in [-0.2, -0.15) is 0 Å². The number of fused-ring (bicyclic) bond motifs is 2. The number of aromatic nitrogens is 5. The number of nitrogens with two attached hydrogens (primary N) is 2. The van der Waals surface area contributed by atoms with Crippen LogP contribution in [0.2, 0.25) is 0 Å². The minimum absolute atomic E-state index is 0.0167. The molecule has 0 aliphatic rings. The topological polar surface area (TPSA) is 193 Å². The van der Waals surface area contributed by atoms with E-state index in [-0.39, 0.29) is 18.3 Å². The van der Waals surface area contributed by atoms with Gasteiger partial charge < -0.3 is 31.5 Å². The average molecular weight is 429 g/mol. The van der Waals surface area contributed by atoms with Crippen LogP contribution < -0.4 is 11.5 Å². The van der Waals surface area contributed by atoms with Crippen LogP contribution >= 0.6 is 0 Å². The zero-order chi connectivity index (χ0) is 22.8. The van der Waals surface area contributed by atoms with Crippen molar-refractivity contribution in [3.63, 3.8) is 0 Å². The summed E-state index contributed by atoms with van der Waals surface area (Å²) >= 11 is 0. The summed E-state index contributed by atoms with van der Waals surface area (Å²) in [4.78, 5) is 19.0. The van der Waals surface area contributed by atoms with E-state index < -0.39 is 0 Å². The molecular formula is C22H23N9O. The highest BCUT2D eigenvalue weighted by atomic mass is 16.2. The summed E-state index contributed by atoms with van der Waals surface area (Å²) in [5.41, 5.74) is 17.2. The van der Waals surface area contributed by atoms with Crippen molar-refractivity contribution in [2.75, 3.05) is 6.61 Å². The number of amidine groups is 2. The van der Waals surface area contributed by atoms with Gasteiger partial charge in [-0.05, 0) is 55.5 Å². The molecule has 10 N–H and O–H groups in total. The van der Waals surface area contributed by atoms with Gasteiger partial charge in [0.1, 0.15) is 11.7 Å². The quantitative estimate of drug-likeness (QED) is 0.160. The van der Waals surface area contributed by atoms with E-state index in [4.69, 9.17) is 27.4 Å². The van der Waals surface area contributed by atoms with Gasteiger partial charge in [-0.15, -0.1) is 0 Å². The molecule has 10 nitrogen and oxygen atoms in total. The van der Waals surface area contributed by atoms with Gasteiger partial charge >= 0.3 is 0 Å². The van der Waals surface area contributed by atoms with Crippen molar-refractivity contribution in [2.45, 2.75) is 6.92 Å². The van der Waals surface area contributed by atoms with Crippen LogP contribution in [-0.4, -0.2) is 48.3 Å². The summed E-state index contributed by atoms with van der Waals surface area (Å²) in [6.45, 7) is 1.93. The number of nitrogens with zero attached hydrogens (tertiary/aromatic N) is 2. The maximum atomic E-state index is 7.57. The Kier molecular flexibility index (Phi) is 5.44. The Morgan fingerprint density at radius 1 is 0.781 bits per heavy atom. The Morgan fingerprint density at radius 2 is 1.19 bits per heavy atom. The number of H-pyrrole nitrogens is 3. The van der Waals surface area contributed by atoms with E-state index >= 15 is 0 Å². The molecule has 3 aromatic heterocycles. The monoisotopic (exact) mass is 429 g/mol. The minimum Gasteiger partial charge on any atom is -0.397 e. The Morgan fingerprint density at radius 3 is 1.56 bits per heavy atom. The first-order valence-electron chi connectivity index (χ1n) is 9.88. The molecular weight excluding hydrogens is 406 g/mol. The van der Waals surface area contributed by atoms with E-state index in [1.54, 1.807) is 19.1 Å². The fourth-order valence-electron chi connectivity index (χ4n) is 3.28. The fraction of sp³-hybridized carbons (Fsp3) is 0.0909. The van der Waals surface area contributed by atoms with Gasteiger partial charge in [0.15, 0.2) is 11.6 Å².